The number of hydrogen-bond donors (Lipinski definition) is 0. The molecule has 2 aromatic carbocycles. The number of aromatic nitrogens is 6. The Bertz CT molecular complexity index is 1610. The van der Waals surface area contributed by atoms with Crippen LogP contribution in [0.5, 0.6) is 0 Å². The topological polar surface area (TPSA) is 91.1 Å². The van der Waals surface area contributed by atoms with Crippen LogP contribution >= 0.6 is 11.3 Å². The van der Waals surface area contributed by atoms with E-state index in [0.29, 0.717) is 21.0 Å². The number of rotatable bonds is 3. The van der Waals surface area contributed by atoms with E-state index in [4.69, 9.17) is 4.42 Å². The summed E-state index contributed by atoms with van der Waals surface area (Å²) >= 11 is 1.35. The lowest BCUT2D eigenvalue weighted by atomic mass is 10.1. The lowest BCUT2D eigenvalue weighted by Gasteiger charge is -2.00. The van der Waals surface area contributed by atoms with Gasteiger partial charge in [-0.3, -0.25) is 4.79 Å². The van der Waals surface area contributed by atoms with Crippen molar-refractivity contribution < 1.29 is 4.42 Å². The third-order valence-corrected chi connectivity index (χ3v) is 5.78. The summed E-state index contributed by atoms with van der Waals surface area (Å²) in [4.78, 5) is 18.1. The smallest absolute Gasteiger partial charge is 0.275 e. The Labute approximate surface area is 172 Å². The third kappa shape index (κ3) is 2.64. The van der Waals surface area contributed by atoms with Gasteiger partial charge in [-0.05, 0) is 59.0 Å². The summed E-state index contributed by atoms with van der Waals surface area (Å²) < 4.78 is 9.76. The average molecular weight is 412 g/mol. The quantitative estimate of drug-likeness (QED) is 0.444. The van der Waals surface area contributed by atoms with Gasteiger partial charge in [0.25, 0.3) is 5.56 Å². The summed E-state index contributed by atoms with van der Waals surface area (Å²) in [5.41, 5.74) is 3.31. The summed E-state index contributed by atoms with van der Waals surface area (Å²) in [6.45, 7) is 0. The summed E-state index contributed by atoms with van der Waals surface area (Å²) in [6, 6.07) is 19.0. The molecule has 0 aliphatic rings. The molecule has 0 saturated carbocycles. The van der Waals surface area contributed by atoms with Gasteiger partial charge in [0.15, 0.2) is 4.96 Å². The lowest BCUT2D eigenvalue weighted by Crippen LogP contribution is -2.22. The molecule has 0 N–H and O–H groups in total. The van der Waals surface area contributed by atoms with Crippen molar-refractivity contribution in [2.75, 3.05) is 0 Å². The maximum atomic E-state index is 12.9. The highest BCUT2D eigenvalue weighted by Gasteiger charge is 2.11. The molecule has 144 valence electrons. The Kier molecular flexibility index (Phi) is 3.62. The fourth-order valence-electron chi connectivity index (χ4n) is 3.38. The molecule has 0 fully saturated rings. The van der Waals surface area contributed by atoms with E-state index < -0.39 is 0 Å². The Morgan fingerprint density at radius 3 is 2.70 bits per heavy atom. The molecule has 0 aliphatic carbocycles. The van der Waals surface area contributed by atoms with Crippen LogP contribution in [0, 0.1) is 0 Å². The van der Waals surface area contributed by atoms with E-state index >= 15 is 0 Å². The Morgan fingerprint density at radius 2 is 1.87 bits per heavy atom. The van der Waals surface area contributed by atoms with Gasteiger partial charge in [-0.1, -0.05) is 23.5 Å². The van der Waals surface area contributed by atoms with Gasteiger partial charge in [0.05, 0.1) is 16.7 Å². The predicted octanol–water partition coefficient (Wildman–Crippen LogP) is 2.69. The minimum absolute atomic E-state index is 0.0903. The van der Waals surface area contributed by atoms with Crippen molar-refractivity contribution >= 4 is 33.4 Å². The van der Waals surface area contributed by atoms with Crippen LogP contribution in [-0.2, 0) is 0 Å². The number of thiazole rings is 1. The summed E-state index contributed by atoms with van der Waals surface area (Å²) in [6.07, 6.45) is 3.30. The standard InChI is InChI=1S/C21H12N6O2S/c28-20-19(30-21-23-16-3-1-2-4-17(16)27(20)21)11-15-9-10-18(29-15)13-5-7-14(8-6-13)26-12-22-24-25-26/h1-12H/b19-11-. The fraction of sp³-hybridized carbons (Fsp3) is 0. The first-order chi connectivity index (χ1) is 14.8. The van der Waals surface area contributed by atoms with Gasteiger partial charge in [0.1, 0.15) is 22.4 Å². The first kappa shape index (κ1) is 16.8. The summed E-state index contributed by atoms with van der Waals surface area (Å²) in [5.74, 6) is 1.32. The highest BCUT2D eigenvalue weighted by molar-refractivity contribution is 7.15. The highest BCUT2D eigenvalue weighted by Crippen LogP contribution is 2.24. The maximum absolute atomic E-state index is 12.9. The molecule has 9 heteroatoms. The van der Waals surface area contributed by atoms with Crippen LogP contribution in [0.4, 0.5) is 0 Å². The zero-order valence-electron chi connectivity index (χ0n) is 15.3. The summed E-state index contributed by atoms with van der Waals surface area (Å²) in [5, 5.41) is 11.1. The van der Waals surface area contributed by atoms with E-state index in [2.05, 4.69) is 20.5 Å². The van der Waals surface area contributed by atoms with Gasteiger partial charge in [-0.25, -0.2) is 14.1 Å². The molecular weight excluding hydrogens is 400 g/mol. The molecular formula is C21H12N6O2S. The number of imidazole rings is 1. The summed E-state index contributed by atoms with van der Waals surface area (Å²) in [7, 11) is 0. The SMILES string of the molecule is O=c1/c(=C/c2ccc(-c3ccc(-n4cnnn4)cc3)o2)sc2nc3ccccc3n12. The molecule has 30 heavy (non-hydrogen) atoms. The number of nitrogens with zero attached hydrogens (tertiary/aromatic N) is 6. The van der Waals surface area contributed by atoms with Crippen molar-refractivity contribution in [1.29, 1.82) is 0 Å². The van der Waals surface area contributed by atoms with Crippen LogP contribution in [0.15, 0.2) is 76.2 Å². The number of benzene rings is 2. The van der Waals surface area contributed by atoms with Crippen molar-refractivity contribution in [3.05, 3.63) is 87.6 Å². The van der Waals surface area contributed by atoms with E-state index in [9.17, 15) is 4.79 Å². The first-order valence-electron chi connectivity index (χ1n) is 9.12. The van der Waals surface area contributed by atoms with Crippen LogP contribution in [0.1, 0.15) is 5.76 Å². The fourth-order valence-corrected chi connectivity index (χ4v) is 4.35. The molecule has 6 aromatic rings. The van der Waals surface area contributed by atoms with Crippen molar-refractivity contribution in [2.45, 2.75) is 0 Å². The normalized spacial score (nSPS) is 12.3. The lowest BCUT2D eigenvalue weighted by molar-refractivity contribution is 0.571. The van der Waals surface area contributed by atoms with Crippen LogP contribution in [0.3, 0.4) is 0 Å². The van der Waals surface area contributed by atoms with Crippen LogP contribution in [0.25, 0.3) is 39.1 Å². The molecule has 0 aliphatic heterocycles. The van der Waals surface area contributed by atoms with Crippen LogP contribution in [-0.4, -0.2) is 29.6 Å². The minimum Gasteiger partial charge on any atom is -0.457 e. The molecule has 0 unspecified atom stereocenters. The molecule has 0 saturated heterocycles. The third-order valence-electron chi connectivity index (χ3n) is 4.81. The van der Waals surface area contributed by atoms with Gasteiger partial charge in [-0.15, -0.1) is 5.10 Å². The largest absolute Gasteiger partial charge is 0.457 e. The molecule has 0 bridgehead atoms. The zero-order chi connectivity index (χ0) is 20.1. The maximum Gasteiger partial charge on any atom is 0.275 e. The minimum atomic E-state index is -0.0903. The van der Waals surface area contributed by atoms with Crippen molar-refractivity contribution in [3.8, 4) is 17.0 Å². The first-order valence-corrected chi connectivity index (χ1v) is 9.93. The molecule has 4 aromatic heterocycles. The highest BCUT2D eigenvalue weighted by atomic mass is 32.1. The number of tetrazole rings is 1. The van der Waals surface area contributed by atoms with Crippen LogP contribution in [0.2, 0.25) is 0 Å². The van der Waals surface area contributed by atoms with E-state index in [0.717, 1.165) is 22.3 Å². The van der Waals surface area contributed by atoms with E-state index in [1.165, 1.54) is 17.7 Å². The number of furan rings is 1. The van der Waals surface area contributed by atoms with E-state index in [1.54, 1.807) is 15.2 Å². The Morgan fingerprint density at radius 1 is 1.00 bits per heavy atom. The predicted molar refractivity (Wildman–Crippen MR) is 112 cm³/mol. The van der Waals surface area contributed by atoms with Crippen molar-refractivity contribution in [2.24, 2.45) is 0 Å². The molecule has 0 amide bonds. The number of hydrogen-bond acceptors (Lipinski definition) is 7. The van der Waals surface area contributed by atoms with Crippen molar-refractivity contribution in [3.63, 3.8) is 0 Å². The van der Waals surface area contributed by atoms with Gasteiger partial charge in [0, 0.05) is 11.6 Å². The van der Waals surface area contributed by atoms with Gasteiger partial charge in [-0.2, -0.15) is 0 Å². The Balaban J connectivity index is 1.37. The second kappa shape index (κ2) is 6.46. The van der Waals surface area contributed by atoms with Crippen molar-refractivity contribution in [1.82, 2.24) is 29.6 Å². The Hall–Kier alpha value is -4.11. The molecule has 6 rings (SSSR count). The van der Waals surface area contributed by atoms with Gasteiger partial charge in [0.2, 0.25) is 0 Å². The molecule has 0 atom stereocenters. The van der Waals surface area contributed by atoms with Crippen LogP contribution < -0.4 is 10.1 Å². The van der Waals surface area contributed by atoms with Gasteiger partial charge >= 0.3 is 0 Å². The average Bonchev–Trinajstić information content (AvgIpc) is 3.55. The number of fused-ring (bicyclic) bond motifs is 3. The second-order valence-corrected chi connectivity index (χ2v) is 7.65. The molecule has 4 heterocycles. The monoisotopic (exact) mass is 412 g/mol. The van der Waals surface area contributed by atoms with E-state index in [-0.39, 0.29) is 5.56 Å². The molecule has 0 spiro atoms. The van der Waals surface area contributed by atoms with E-state index in [1.807, 2.05) is 60.7 Å². The van der Waals surface area contributed by atoms with Gasteiger partial charge < -0.3 is 4.42 Å². The molecule has 8 nitrogen and oxygen atoms in total. The molecule has 0 radical (unpaired) electrons. The zero-order valence-corrected chi connectivity index (χ0v) is 16.2. The number of para-hydroxylation sites is 2. The second-order valence-electron chi connectivity index (χ2n) is 6.64.